The molecule has 0 radical (unpaired) electrons. The van der Waals surface area contributed by atoms with Crippen molar-refractivity contribution in [3.63, 3.8) is 0 Å². The highest BCUT2D eigenvalue weighted by Gasteiger charge is 2.51. The van der Waals surface area contributed by atoms with Crippen LogP contribution in [0, 0.1) is 48.5 Å². The Balaban J connectivity index is 0.00000256. The van der Waals surface area contributed by atoms with Crippen LogP contribution >= 0.6 is 26.9 Å². The molecule has 0 amide bonds. The number of hydrogen-bond donors (Lipinski definition) is 2. The first-order valence-corrected chi connectivity index (χ1v) is 23.4. The molecule has 7 rings (SSSR count). The average molecular weight is 881 g/mol. The Bertz CT molecular complexity index is 2340. The summed E-state index contributed by atoms with van der Waals surface area (Å²) in [7, 11) is -4.98. The van der Waals surface area contributed by atoms with Gasteiger partial charge in [-0.05, 0) is 155 Å². The van der Waals surface area contributed by atoms with Crippen molar-refractivity contribution in [2.45, 2.75) is 67.4 Å². The third kappa shape index (κ3) is 9.48. The molecule has 0 saturated heterocycles. The summed E-state index contributed by atoms with van der Waals surface area (Å²) in [5.74, 6) is 0.0766. The van der Waals surface area contributed by atoms with Crippen molar-refractivity contribution in [1.29, 1.82) is 0 Å². The molecule has 2 N–H and O–H groups in total. The quantitative estimate of drug-likeness (QED) is 0.195. The van der Waals surface area contributed by atoms with Gasteiger partial charge in [0.25, 0.3) is 0 Å². The van der Waals surface area contributed by atoms with Gasteiger partial charge in [-0.2, -0.15) is 0 Å². The van der Waals surface area contributed by atoms with Crippen molar-refractivity contribution in [3.05, 3.63) is 201 Å². The number of aromatic hydroxyl groups is 1. The molecule has 1 aromatic heterocycles. The van der Waals surface area contributed by atoms with Gasteiger partial charge in [-0.25, -0.2) is 4.98 Å². The Morgan fingerprint density at radius 3 is 0.949 bits per heavy atom. The molecule has 8 heteroatoms. The lowest BCUT2D eigenvalue weighted by atomic mass is 10.1. The van der Waals surface area contributed by atoms with Crippen molar-refractivity contribution in [2.75, 3.05) is 0 Å². The van der Waals surface area contributed by atoms with Crippen molar-refractivity contribution < 1.29 is 35.0 Å². The molecule has 0 unspecified atom stereocenters. The van der Waals surface area contributed by atoms with Crippen LogP contribution in [0.4, 0.5) is 0 Å². The van der Waals surface area contributed by atoms with Crippen LogP contribution in [0.25, 0.3) is 0 Å². The van der Waals surface area contributed by atoms with E-state index < -0.39 is 14.5 Å². The molecule has 0 saturated carbocycles. The first-order chi connectivity index (χ1) is 26.9. The molecule has 306 valence electrons. The summed E-state index contributed by atoms with van der Waals surface area (Å²) in [6.45, 7) is 14.6. The van der Waals surface area contributed by atoms with E-state index >= 15 is 0 Å². The zero-order chi connectivity index (χ0) is 39.6. The Labute approximate surface area is 371 Å². The van der Waals surface area contributed by atoms with Crippen LogP contribution in [0.15, 0.2) is 146 Å². The van der Waals surface area contributed by atoms with Crippen LogP contribution in [0.1, 0.15) is 55.9 Å². The molecule has 0 aliphatic carbocycles. The summed E-state index contributed by atoms with van der Waals surface area (Å²) in [4.78, 5) is 5.41. The predicted molar refractivity (Wildman–Crippen MR) is 250 cm³/mol. The number of benzene rings is 6. The van der Waals surface area contributed by atoms with E-state index in [0.717, 1.165) is 11.3 Å². The Kier molecular flexibility index (Phi) is 16.2. The van der Waals surface area contributed by atoms with Gasteiger partial charge in [0.05, 0.1) is 18.0 Å². The zero-order valence-corrected chi connectivity index (χ0v) is 39.0. The summed E-state index contributed by atoms with van der Waals surface area (Å²) >= 11 is 0. The second kappa shape index (κ2) is 20.0. The van der Waals surface area contributed by atoms with E-state index in [-0.39, 0.29) is 49.6 Å². The summed E-state index contributed by atoms with van der Waals surface area (Å²) in [5.41, 5.74) is 10.2. The second-order valence-electron chi connectivity index (χ2n) is 15.6. The molecule has 0 fully saturated rings. The van der Waals surface area contributed by atoms with E-state index in [1.807, 2.05) is 6.92 Å². The summed E-state index contributed by atoms with van der Waals surface area (Å²) in [6.07, 6.45) is 1.22. The highest BCUT2D eigenvalue weighted by atomic mass is 35.5. The summed E-state index contributed by atoms with van der Waals surface area (Å²) < 4.78 is 0. The largest absolute Gasteiger partial charge is 1.00 e. The highest BCUT2D eigenvalue weighted by Crippen LogP contribution is 2.62. The standard InChI is InChI=1S/C51H52NO2P2.3ClH/c1-35-14-8-20-42(26-35)55(43-21-9-15-36(2)27-43,44-22-10-16-37(3)28-44)33-49-48(32-53)51(54)41(7)52-50(49)34-56(45-23-11-17-38(4)29-45,46-24-12-18-39(5)30-46)47-25-13-19-40(6)31-47;;;/h8-31,53H,32-34H2,1-7H3;3*1H/q+1;;;/p-1. The Hall–Kier alpha value is -4.04. The normalized spacial score (nSPS) is 11.3. The van der Waals surface area contributed by atoms with Gasteiger partial charge in [0.15, 0.2) is 0 Å². The molecular weight excluding hydrogens is 827 g/mol. The molecule has 1 heterocycles. The van der Waals surface area contributed by atoms with Crippen LogP contribution in [0.2, 0.25) is 0 Å². The first-order valence-electron chi connectivity index (χ1n) is 19.5. The fourth-order valence-electron chi connectivity index (χ4n) is 8.44. The minimum atomic E-state index is -2.51. The summed E-state index contributed by atoms with van der Waals surface area (Å²) in [5, 5.41) is 30.9. The topological polar surface area (TPSA) is 53.4 Å². The van der Waals surface area contributed by atoms with Crippen molar-refractivity contribution in [3.8, 4) is 5.75 Å². The van der Waals surface area contributed by atoms with Gasteiger partial charge in [0, 0.05) is 11.1 Å². The number of aliphatic hydroxyl groups is 1. The third-order valence-corrected chi connectivity index (χ3v) is 19.8. The molecule has 0 spiro atoms. The molecule has 0 aliphatic rings. The van der Waals surface area contributed by atoms with Crippen molar-refractivity contribution in [1.82, 2.24) is 4.98 Å². The average Bonchev–Trinajstić information content (AvgIpc) is 3.17. The highest BCUT2D eigenvalue weighted by molar-refractivity contribution is 7.95. The van der Waals surface area contributed by atoms with E-state index in [1.54, 1.807) is 0 Å². The number of aliphatic hydroxyl groups excluding tert-OH is 1. The molecule has 3 nitrogen and oxygen atoms in total. The molecule has 0 bridgehead atoms. The van der Waals surface area contributed by atoms with Crippen molar-refractivity contribution >= 4 is 58.8 Å². The van der Waals surface area contributed by atoms with Crippen molar-refractivity contribution in [2.24, 2.45) is 0 Å². The molecular formula is C51H54Cl3NO2P2. The lowest BCUT2D eigenvalue weighted by Crippen LogP contribution is -3.00. The molecule has 7 aromatic rings. The van der Waals surface area contributed by atoms with Crippen LogP contribution in [-0.2, 0) is 18.9 Å². The smallest absolute Gasteiger partial charge is 0.142 e. The van der Waals surface area contributed by atoms with Gasteiger partial charge in [-0.3, -0.25) is 0 Å². The zero-order valence-electron chi connectivity index (χ0n) is 34.9. The molecule has 0 aliphatic heterocycles. The predicted octanol–water partition coefficient (Wildman–Crippen LogP) is 3.86. The maximum Gasteiger partial charge on any atom is 0.142 e. The van der Waals surface area contributed by atoms with Gasteiger partial charge in [-0.15, -0.1) is 12.4 Å². The maximum atomic E-state index is 11.9. The van der Waals surface area contributed by atoms with Crippen LogP contribution in [0.3, 0.4) is 0 Å². The van der Waals surface area contributed by atoms with Gasteiger partial charge >= 0.3 is 0 Å². The maximum absolute atomic E-state index is 11.9. The van der Waals surface area contributed by atoms with Crippen LogP contribution in [-0.4, -0.2) is 15.2 Å². The van der Waals surface area contributed by atoms with Crippen LogP contribution < -0.4 is 56.6 Å². The molecule has 0 atom stereocenters. The number of pyridine rings is 1. The monoisotopic (exact) mass is 879 g/mol. The summed E-state index contributed by atoms with van der Waals surface area (Å²) in [6, 6.07) is 54.0. The fourth-order valence-corrected chi connectivity index (χ4v) is 17.5. The van der Waals surface area contributed by atoms with E-state index in [4.69, 9.17) is 4.98 Å². The van der Waals surface area contributed by atoms with Crippen LogP contribution in [0.5, 0.6) is 5.75 Å². The van der Waals surface area contributed by atoms with Gasteiger partial charge in [0.2, 0.25) is 0 Å². The SMILES string of the molecule is Cc1cccc([P+](Cc2nc(C)c(O)c(CO)c2C[P+](c2cccc(C)c2)(c2cccc(C)c2)c2cccc(C)c2)(c2cccc(C)c2)c2cccc(C)c2)c1.Cl.[Cl-].[Cl-]. The molecule has 6 aromatic carbocycles. The number of halogens is 3. The third-order valence-electron chi connectivity index (χ3n) is 11.2. The number of rotatable bonds is 11. The van der Waals surface area contributed by atoms with Gasteiger partial charge in [0.1, 0.15) is 64.4 Å². The van der Waals surface area contributed by atoms with E-state index in [9.17, 15) is 10.2 Å². The first kappa shape index (κ1) is 47.6. The number of hydrogen-bond acceptors (Lipinski definition) is 3. The Morgan fingerprint density at radius 2 is 0.695 bits per heavy atom. The fraction of sp³-hybridized carbons (Fsp3) is 0.196. The van der Waals surface area contributed by atoms with E-state index in [1.165, 1.54) is 65.2 Å². The number of aryl methyl sites for hydroxylation is 7. The minimum Gasteiger partial charge on any atom is -1.00 e. The number of nitrogens with zero attached hydrogens (tertiary/aromatic N) is 1. The number of aromatic nitrogens is 1. The lowest BCUT2D eigenvalue weighted by molar-refractivity contribution is -0.00100. The minimum absolute atomic E-state index is 0. The van der Waals surface area contributed by atoms with Gasteiger partial charge < -0.3 is 35.0 Å². The second-order valence-corrected chi connectivity index (χ2v) is 22.5. The Morgan fingerprint density at radius 1 is 0.424 bits per heavy atom. The van der Waals surface area contributed by atoms with E-state index in [0.29, 0.717) is 23.6 Å². The van der Waals surface area contributed by atoms with Gasteiger partial charge in [-0.1, -0.05) is 72.8 Å². The lowest BCUT2D eigenvalue weighted by Gasteiger charge is -2.32. The van der Waals surface area contributed by atoms with E-state index in [2.05, 4.69) is 187 Å². The molecule has 59 heavy (non-hydrogen) atoms.